The van der Waals surface area contributed by atoms with Crippen molar-refractivity contribution < 1.29 is 18.7 Å². The van der Waals surface area contributed by atoms with E-state index in [-0.39, 0.29) is 6.54 Å². The molecule has 0 unspecified atom stereocenters. The highest BCUT2D eigenvalue weighted by atomic mass is 19.1. The first kappa shape index (κ1) is 19.0. The highest BCUT2D eigenvalue weighted by Crippen LogP contribution is 2.39. The quantitative estimate of drug-likeness (QED) is 0.729. The molecule has 7 nitrogen and oxygen atoms in total. The second-order valence-electron chi connectivity index (χ2n) is 7.14. The lowest BCUT2D eigenvalue weighted by Crippen LogP contribution is -2.45. The van der Waals surface area contributed by atoms with Crippen molar-refractivity contribution in [2.24, 2.45) is 0 Å². The summed E-state index contributed by atoms with van der Waals surface area (Å²) in [5, 5.41) is 22.1. The zero-order valence-corrected chi connectivity index (χ0v) is 15.5. The Bertz CT molecular complexity index is 996. The number of carbonyl (C=O) groups is 1. The lowest BCUT2D eigenvalue weighted by atomic mass is 9.72. The first-order chi connectivity index (χ1) is 14.0. The fraction of sp³-hybridized carbons (Fsp3) is 0.300. The van der Waals surface area contributed by atoms with Gasteiger partial charge in [-0.05, 0) is 41.3 Å². The van der Waals surface area contributed by atoms with E-state index in [4.69, 9.17) is 0 Å². The molecule has 1 amide bonds. The van der Waals surface area contributed by atoms with Crippen LogP contribution in [0.15, 0.2) is 48.5 Å². The molecule has 1 aromatic heterocycles. The number of nitrogens with zero attached hydrogens (tertiary/aromatic N) is 5. The molecule has 1 fully saturated rings. The van der Waals surface area contributed by atoms with Gasteiger partial charge < -0.3 is 10.0 Å². The maximum Gasteiger partial charge on any atom is 0.407 e. The number of hydrogen-bond acceptors (Lipinski definition) is 4. The molecule has 0 radical (unpaired) electrons. The molecule has 0 atom stereocenters. The molecule has 150 valence electrons. The Kier molecular flexibility index (Phi) is 4.96. The minimum atomic E-state index is -0.948. The summed E-state index contributed by atoms with van der Waals surface area (Å²) in [6.07, 6.45) is 0.0871. The molecule has 4 rings (SSSR count). The fourth-order valence-corrected chi connectivity index (χ4v) is 3.85. The third kappa shape index (κ3) is 3.80. The molecule has 0 spiro atoms. The minimum absolute atomic E-state index is 0.0772. The maximum absolute atomic E-state index is 13.5. The molecule has 2 aromatic carbocycles. The average Bonchev–Trinajstić information content (AvgIpc) is 3.17. The van der Waals surface area contributed by atoms with E-state index in [0.717, 1.165) is 11.6 Å². The Hall–Kier alpha value is -3.36. The van der Waals surface area contributed by atoms with E-state index in [1.807, 2.05) is 30.3 Å². The number of benzene rings is 2. The minimum Gasteiger partial charge on any atom is -0.465 e. The number of aromatic nitrogens is 4. The van der Waals surface area contributed by atoms with Crippen LogP contribution in [0.2, 0.25) is 0 Å². The number of likely N-dealkylation sites (tertiary alicyclic amines) is 1. The van der Waals surface area contributed by atoms with Crippen molar-refractivity contribution in [2.75, 3.05) is 13.1 Å². The zero-order valence-electron chi connectivity index (χ0n) is 15.5. The maximum atomic E-state index is 13.5. The molecule has 1 N–H and O–H groups in total. The summed E-state index contributed by atoms with van der Waals surface area (Å²) >= 11 is 0. The van der Waals surface area contributed by atoms with Crippen LogP contribution in [0.5, 0.6) is 0 Å². The molecule has 1 aliphatic heterocycles. The van der Waals surface area contributed by atoms with Crippen LogP contribution >= 0.6 is 0 Å². The predicted octanol–water partition coefficient (Wildman–Crippen LogP) is 3.06. The number of tetrazole rings is 1. The van der Waals surface area contributed by atoms with Crippen LogP contribution < -0.4 is 0 Å². The third-order valence-electron chi connectivity index (χ3n) is 5.34. The van der Waals surface area contributed by atoms with Gasteiger partial charge in [0.1, 0.15) is 11.6 Å². The lowest BCUT2D eigenvalue weighted by molar-refractivity contribution is 0.121. The number of halogens is 2. The molecule has 3 aromatic rings. The van der Waals surface area contributed by atoms with Gasteiger partial charge in [0.25, 0.3) is 0 Å². The van der Waals surface area contributed by atoms with Crippen molar-refractivity contribution in [1.82, 2.24) is 25.1 Å². The molecule has 9 heteroatoms. The SMILES string of the molecule is O=C(O)N1CCC(c2ccccc2)(c2nnn(Cc3cc(F)cc(F)c3)n2)CC1. The van der Waals surface area contributed by atoms with Gasteiger partial charge in [0.15, 0.2) is 5.82 Å². The van der Waals surface area contributed by atoms with Crippen LogP contribution in [0.3, 0.4) is 0 Å². The van der Waals surface area contributed by atoms with Gasteiger partial charge in [-0.15, -0.1) is 10.2 Å². The first-order valence-electron chi connectivity index (χ1n) is 9.23. The van der Waals surface area contributed by atoms with E-state index >= 15 is 0 Å². The van der Waals surface area contributed by atoms with Gasteiger partial charge in [-0.25, -0.2) is 13.6 Å². The summed E-state index contributed by atoms with van der Waals surface area (Å²) in [5.74, 6) is -0.852. The third-order valence-corrected chi connectivity index (χ3v) is 5.34. The van der Waals surface area contributed by atoms with Crippen LogP contribution in [0.4, 0.5) is 13.6 Å². The van der Waals surface area contributed by atoms with Crippen LogP contribution in [0.1, 0.15) is 29.8 Å². The number of hydrogen-bond donors (Lipinski definition) is 1. The summed E-state index contributed by atoms with van der Waals surface area (Å²) in [7, 11) is 0. The standard InChI is InChI=1S/C20H19F2N5O2/c21-16-10-14(11-17(22)12-16)13-27-24-18(23-25-27)20(15-4-2-1-3-5-15)6-8-26(9-7-20)19(28)29/h1-5,10-12H,6-9,13H2,(H,28,29). The highest BCUT2D eigenvalue weighted by molar-refractivity contribution is 5.65. The van der Waals surface area contributed by atoms with E-state index in [9.17, 15) is 18.7 Å². The number of piperidine rings is 1. The van der Waals surface area contributed by atoms with Crippen LogP contribution in [-0.4, -0.2) is 49.4 Å². The second kappa shape index (κ2) is 7.57. The van der Waals surface area contributed by atoms with E-state index in [0.29, 0.717) is 37.3 Å². The Morgan fingerprint density at radius 3 is 2.34 bits per heavy atom. The Morgan fingerprint density at radius 2 is 1.72 bits per heavy atom. The fourth-order valence-electron chi connectivity index (χ4n) is 3.85. The van der Waals surface area contributed by atoms with Crippen LogP contribution in [0.25, 0.3) is 0 Å². The van der Waals surface area contributed by atoms with Gasteiger partial charge in [0.05, 0.1) is 12.0 Å². The normalized spacial score (nSPS) is 16.0. The van der Waals surface area contributed by atoms with Gasteiger partial charge in [-0.3, -0.25) is 0 Å². The molecule has 1 aliphatic rings. The molecule has 2 heterocycles. The van der Waals surface area contributed by atoms with Crippen molar-refractivity contribution in [2.45, 2.75) is 24.8 Å². The second-order valence-corrected chi connectivity index (χ2v) is 7.14. The first-order valence-corrected chi connectivity index (χ1v) is 9.23. The van der Waals surface area contributed by atoms with Crippen molar-refractivity contribution in [3.8, 4) is 0 Å². The summed E-state index contributed by atoms with van der Waals surface area (Å²) in [4.78, 5) is 14.0. The van der Waals surface area contributed by atoms with Gasteiger partial charge in [-0.1, -0.05) is 30.3 Å². The van der Waals surface area contributed by atoms with Gasteiger partial charge in [0, 0.05) is 19.2 Å². The average molecular weight is 399 g/mol. The lowest BCUT2D eigenvalue weighted by Gasteiger charge is -2.39. The van der Waals surface area contributed by atoms with E-state index < -0.39 is 23.1 Å². The summed E-state index contributed by atoms with van der Waals surface area (Å²) in [6, 6.07) is 12.9. The molecular formula is C20H19F2N5O2. The number of amides is 1. The largest absolute Gasteiger partial charge is 0.465 e. The molecule has 0 bridgehead atoms. The van der Waals surface area contributed by atoms with Crippen molar-refractivity contribution in [3.63, 3.8) is 0 Å². The predicted molar refractivity (Wildman–Crippen MR) is 99.3 cm³/mol. The highest BCUT2D eigenvalue weighted by Gasteiger charge is 2.42. The van der Waals surface area contributed by atoms with Gasteiger partial charge >= 0.3 is 6.09 Å². The number of rotatable bonds is 4. The van der Waals surface area contributed by atoms with Gasteiger partial charge in [-0.2, -0.15) is 4.80 Å². The molecule has 0 saturated carbocycles. The monoisotopic (exact) mass is 399 g/mol. The van der Waals surface area contributed by atoms with Crippen molar-refractivity contribution in [1.29, 1.82) is 0 Å². The summed E-state index contributed by atoms with van der Waals surface area (Å²) in [5.41, 5.74) is 0.806. The topological polar surface area (TPSA) is 84.1 Å². The number of carboxylic acid groups (broad SMARTS) is 1. The van der Waals surface area contributed by atoms with Crippen molar-refractivity contribution in [3.05, 3.63) is 77.1 Å². The van der Waals surface area contributed by atoms with Gasteiger partial charge in [0.2, 0.25) is 0 Å². The van der Waals surface area contributed by atoms with Crippen molar-refractivity contribution >= 4 is 6.09 Å². The summed E-state index contributed by atoms with van der Waals surface area (Å²) in [6.45, 7) is 0.787. The van der Waals surface area contributed by atoms with E-state index in [1.165, 1.54) is 21.8 Å². The van der Waals surface area contributed by atoms with E-state index in [1.54, 1.807) is 0 Å². The molecular weight excluding hydrogens is 380 g/mol. The Balaban J connectivity index is 1.65. The molecule has 29 heavy (non-hydrogen) atoms. The summed E-state index contributed by atoms with van der Waals surface area (Å²) < 4.78 is 26.9. The molecule has 0 aliphatic carbocycles. The Labute approximate surface area is 165 Å². The van der Waals surface area contributed by atoms with Crippen LogP contribution in [-0.2, 0) is 12.0 Å². The van der Waals surface area contributed by atoms with Crippen LogP contribution in [0, 0.1) is 11.6 Å². The zero-order chi connectivity index (χ0) is 20.4. The Morgan fingerprint density at radius 1 is 1.07 bits per heavy atom. The molecule has 1 saturated heterocycles. The van der Waals surface area contributed by atoms with E-state index in [2.05, 4.69) is 15.4 Å². The smallest absolute Gasteiger partial charge is 0.407 e.